The van der Waals surface area contributed by atoms with Crippen molar-refractivity contribution in [1.29, 1.82) is 0 Å². The molecule has 0 aliphatic carbocycles. The zero-order chi connectivity index (χ0) is 12.3. The van der Waals surface area contributed by atoms with Gasteiger partial charge in [0.1, 0.15) is 0 Å². The van der Waals surface area contributed by atoms with E-state index in [1.165, 1.54) is 0 Å². The van der Waals surface area contributed by atoms with Crippen LogP contribution in [0, 0.1) is 0 Å². The highest BCUT2D eigenvalue weighted by Crippen LogP contribution is 2.23. The van der Waals surface area contributed by atoms with E-state index < -0.39 is 6.10 Å². The Labute approximate surface area is 106 Å². The van der Waals surface area contributed by atoms with Crippen LogP contribution in [0.1, 0.15) is 24.3 Å². The van der Waals surface area contributed by atoms with E-state index in [9.17, 15) is 5.11 Å². The summed E-state index contributed by atoms with van der Waals surface area (Å²) < 4.78 is 1.93. The van der Waals surface area contributed by atoms with Crippen molar-refractivity contribution in [1.82, 2.24) is 9.55 Å². The van der Waals surface area contributed by atoms with Crippen LogP contribution in [0.3, 0.4) is 0 Å². The van der Waals surface area contributed by atoms with Gasteiger partial charge in [-0.2, -0.15) is 0 Å². The quantitative estimate of drug-likeness (QED) is 0.906. The highest BCUT2D eigenvalue weighted by molar-refractivity contribution is 6.31. The molecule has 0 radical (unpaired) electrons. The third kappa shape index (κ3) is 2.68. The number of aryl methyl sites for hydroxylation is 1. The molecule has 1 aromatic carbocycles. The van der Waals surface area contributed by atoms with E-state index in [-0.39, 0.29) is 0 Å². The van der Waals surface area contributed by atoms with Gasteiger partial charge >= 0.3 is 0 Å². The maximum atomic E-state index is 10.2. The van der Waals surface area contributed by atoms with Gasteiger partial charge in [0.15, 0.2) is 0 Å². The molecule has 2 rings (SSSR count). The van der Waals surface area contributed by atoms with Gasteiger partial charge in [-0.05, 0) is 18.6 Å². The van der Waals surface area contributed by atoms with Crippen LogP contribution < -0.4 is 0 Å². The summed E-state index contributed by atoms with van der Waals surface area (Å²) in [6.45, 7) is 2.82. The Balaban J connectivity index is 2.17. The van der Waals surface area contributed by atoms with Crippen LogP contribution in [0.5, 0.6) is 0 Å². The average molecular weight is 251 g/mol. The fourth-order valence-corrected chi connectivity index (χ4v) is 2.06. The lowest BCUT2D eigenvalue weighted by atomic mass is 10.1. The summed E-state index contributed by atoms with van der Waals surface area (Å²) in [4.78, 5) is 4.05. The molecule has 3 nitrogen and oxygen atoms in total. The van der Waals surface area contributed by atoms with Crippen LogP contribution in [0.4, 0.5) is 0 Å². The first-order chi connectivity index (χ1) is 8.22. The number of imidazole rings is 1. The summed E-state index contributed by atoms with van der Waals surface area (Å²) in [6, 6.07) is 7.57. The van der Waals surface area contributed by atoms with E-state index in [1.807, 2.05) is 35.8 Å². The van der Waals surface area contributed by atoms with Crippen molar-refractivity contribution in [3.8, 4) is 0 Å². The molecule has 0 amide bonds. The smallest absolute Gasteiger partial charge is 0.0996 e. The van der Waals surface area contributed by atoms with Gasteiger partial charge in [0.05, 0.1) is 24.3 Å². The van der Waals surface area contributed by atoms with Gasteiger partial charge in [-0.1, -0.05) is 29.8 Å². The van der Waals surface area contributed by atoms with Crippen molar-refractivity contribution >= 4 is 11.6 Å². The van der Waals surface area contributed by atoms with E-state index in [0.717, 1.165) is 17.8 Å². The second-order valence-corrected chi connectivity index (χ2v) is 4.32. The lowest BCUT2D eigenvalue weighted by Crippen LogP contribution is -2.08. The van der Waals surface area contributed by atoms with Gasteiger partial charge in [-0.25, -0.2) is 4.98 Å². The molecule has 0 saturated heterocycles. The molecule has 1 unspecified atom stereocenters. The minimum absolute atomic E-state index is 0.505. The van der Waals surface area contributed by atoms with Crippen LogP contribution >= 0.6 is 11.6 Å². The number of aromatic nitrogens is 2. The molecule has 2 aromatic rings. The minimum atomic E-state index is -0.572. The Morgan fingerprint density at radius 1 is 1.41 bits per heavy atom. The van der Waals surface area contributed by atoms with Crippen molar-refractivity contribution < 1.29 is 5.11 Å². The van der Waals surface area contributed by atoms with Gasteiger partial charge in [-0.3, -0.25) is 0 Å². The number of halogens is 1. The molecule has 0 fully saturated rings. The fraction of sp³-hybridized carbons (Fsp3) is 0.308. The average Bonchev–Trinajstić information content (AvgIpc) is 2.80. The van der Waals surface area contributed by atoms with E-state index in [4.69, 9.17) is 11.6 Å². The maximum absolute atomic E-state index is 10.2. The molecule has 1 atom stereocenters. The van der Waals surface area contributed by atoms with Crippen LogP contribution in [-0.4, -0.2) is 14.7 Å². The van der Waals surface area contributed by atoms with Crippen LogP contribution in [0.15, 0.2) is 36.8 Å². The van der Waals surface area contributed by atoms with E-state index in [2.05, 4.69) is 4.98 Å². The second-order valence-electron chi connectivity index (χ2n) is 3.92. The lowest BCUT2D eigenvalue weighted by molar-refractivity contribution is 0.169. The van der Waals surface area contributed by atoms with Gasteiger partial charge in [0, 0.05) is 18.0 Å². The zero-order valence-electron chi connectivity index (χ0n) is 9.68. The number of hydrogen-bond acceptors (Lipinski definition) is 2. The highest BCUT2D eigenvalue weighted by atomic mass is 35.5. The SMILES string of the molecule is CCn1cncc1C(O)Cc1ccccc1Cl. The third-order valence-corrected chi connectivity index (χ3v) is 3.17. The number of nitrogens with zero attached hydrogens (tertiary/aromatic N) is 2. The summed E-state index contributed by atoms with van der Waals surface area (Å²) in [6.07, 6.45) is 3.36. The normalized spacial score (nSPS) is 12.6. The summed E-state index contributed by atoms with van der Waals surface area (Å²) in [7, 11) is 0. The Morgan fingerprint density at radius 2 is 2.18 bits per heavy atom. The van der Waals surface area contributed by atoms with Crippen molar-refractivity contribution in [2.24, 2.45) is 0 Å². The van der Waals surface area contributed by atoms with E-state index in [0.29, 0.717) is 11.4 Å². The molecule has 17 heavy (non-hydrogen) atoms. The van der Waals surface area contributed by atoms with Crippen molar-refractivity contribution in [3.63, 3.8) is 0 Å². The molecule has 0 saturated carbocycles. The number of hydrogen-bond donors (Lipinski definition) is 1. The van der Waals surface area contributed by atoms with Gasteiger partial charge < -0.3 is 9.67 Å². The summed E-state index contributed by atoms with van der Waals surface area (Å²) in [5.41, 5.74) is 1.78. The topological polar surface area (TPSA) is 38.0 Å². The number of aliphatic hydroxyl groups is 1. The monoisotopic (exact) mass is 250 g/mol. The number of aliphatic hydroxyl groups excluding tert-OH is 1. The molecule has 90 valence electrons. The molecule has 1 aromatic heterocycles. The number of rotatable bonds is 4. The maximum Gasteiger partial charge on any atom is 0.0996 e. The molecule has 0 spiro atoms. The molecular formula is C13H15ClN2O. The fourth-order valence-electron chi connectivity index (χ4n) is 1.85. The molecule has 1 N–H and O–H groups in total. The Morgan fingerprint density at radius 3 is 2.88 bits per heavy atom. The van der Waals surface area contributed by atoms with Gasteiger partial charge in [0.2, 0.25) is 0 Å². The van der Waals surface area contributed by atoms with Crippen LogP contribution in [0.25, 0.3) is 0 Å². The molecule has 4 heteroatoms. The molecule has 0 aliphatic rings. The molecule has 0 aliphatic heterocycles. The van der Waals surface area contributed by atoms with Gasteiger partial charge in [0.25, 0.3) is 0 Å². The van der Waals surface area contributed by atoms with E-state index >= 15 is 0 Å². The first-order valence-electron chi connectivity index (χ1n) is 5.64. The Kier molecular flexibility index (Phi) is 3.82. The second kappa shape index (κ2) is 5.34. The predicted octanol–water partition coefficient (Wildman–Crippen LogP) is 2.83. The van der Waals surface area contributed by atoms with Crippen LogP contribution in [-0.2, 0) is 13.0 Å². The van der Waals surface area contributed by atoms with Gasteiger partial charge in [-0.15, -0.1) is 0 Å². The van der Waals surface area contributed by atoms with Crippen molar-refractivity contribution in [2.45, 2.75) is 26.0 Å². The largest absolute Gasteiger partial charge is 0.386 e. The Hall–Kier alpha value is -1.32. The van der Waals surface area contributed by atoms with Crippen molar-refractivity contribution in [3.05, 3.63) is 53.1 Å². The highest BCUT2D eigenvalue weighted by Gasteiger charge is 2.14. The predicted molar refractivity (Wildman–Crippen MR) is 68.0 cm³/mol. The number of benzene rings is 1. The first-order valence-corrected chi connectivity index (χ1v) is 6.01. The molecule has 1 heterocycles. The summed E-state index contributed by atoms with van der Waals surface area (Å²) in [5, 5.41) is 10.9. The molecule has 0 bridgehead atoms. The summed E-state index contributed by atoms with van der Waals surface area (Å²) >= 11 is 6.07. The van der Waals surface area contributed by atoms with E-state index in [1.54, 1.807) is 12.5 Å². The summed E-state index contributed by atoms with van der Waals surface area (Å²) in [5.74, 6) is 0. The zero-order valence-corrected chi connectivity index (χ0v) is 10.4. The minimum Gasteiger partial charge on any atom is -0.386 e. The van der Waals surface area contributed by atoms with Crippen LogP contribution in [0.2, 0.25) is 5.02 Å². The molecular weight excluding hydrogens is 236 g/mol. The lowest BCUT2D eigenvalue weighted by Gasteiger charge is -2.13. The standard InChI is InChI=1S/C13H15ClN2O/c1-2-16-9-15-8-12(16)13(17)7-10-5-3-4-6-11(10)14/h3-6,8-9,13,17H,2,7H2,1H3. The van der Waals surface area contributed by atoms with Crippen molar-refractivity contribution in [2.75, 3.05) is 0 Å². The Bertz CT molecular complexity index is 496. The third-order valence-electron chi connectivity index (χ3n) is 2.80. The first kappa shape index (κ1) is 12.1.